The van der Waals surface area contributed by atoms with Crippen molar-refractivity contribution in [2.24, 2.45) is 16.7 Å². The zero-order chi connectivity index (χ0) is 8.85. The first-order chi connectivity index (χ1) is 5.07. The Kier molecular flexibility index (Phi) is 4.60. The first-order valence-electron chi connectivity index (χ1n) is 3.12. The topological polar surface area (TPSA) is 84.7 Å². The summed E-state index contributed by atoms with van der Waals surface area (Å²) < 4.78 is 10.6. The van der Waals surface area contributed by atoms with Crippen LogP contribution in [0.3, 0.4) is 0 Å². The molecule has 66 valence electrons. The molecule has 0 aliphatic carbocycles. The van der Waals surface area contributed by atoms with Crippen molar-refractivity contribution in [1.29, 1.82) is 0 Å². The van der Waals surface area contributed by atoms with Crippen molar-refractivity contribution in [3.63, 3.8) is 0 Å². The largest absolute Gasteiger partial charge is 0.368 e. The molecule has 4 N–H and O–H groups in total. The van der Waals surface area contributed by atoms with Crippen molar-refractivity contribution < 1.29 is 4.21 Å². The van der Waals surface area contributed by atoms with Gasteiger partial charge in [-0.3, -0.25) is 4.21 Å². The summed E-state index contributed by atoms with van der Waals surface area (Å²) in [5.74, 6) is 5.76. The third kappa shape index (κ3) is 4.60. The standard InChI is InChI=1S/C5H14N4OS/c1-9(5(6)8-7)3-4-11(2)10/h3-4,7H2,1-2H3,(H2,6,8). The Morgan fingerprint density at radius 3 is 2.64 bits per heavy atom. The molecule has 1 atom stereocenters. The molecular weight excluding hydrogens is 164 g/mol. The van der Waals surface area contributed by atoms with Gasteiger partial charge in [-0.1, -0.05) is 0 Å². The minimum Gasteiger partial charge on any atom is -0.368 e. The molecule has 6 heteroatoms. The summed E-state index contributed by atoms with van der Waals surface area (Å²) in [5.41, 5.74) is 5.35. The number of hydrogen-bond donors (Lipinski definition) is 2. The molecule has 0 heterocycles. The van der Waals surface area contributed by atoms with Gasteiger partial charge in [0.1, 0.15) is 0 Å². The Morgan fingerprint density at radius 2 is 2.27 bits per heavy atom. The van der Waals surface area contributed by atoms with Gasteiger partial charge >= 0.3 is 0 Å². The molecule has 1 unspecified atom stereocenters. The van der Waals surface area contributed by atoms with E-state index in [1.807, 2.05) is 0 Å². The summed E-state index contributed by atoms with van der Waals surface area (Å²) >= 11 is 0. The van der Waals surface area contributed by atoms with Gasteiger partial charge < -0.3 is 16.5 Å². The number of rotatable bonds is 3. The summed E-state index contributed by atoms with van der Waals surface area (Å²) in [6.07, 6.45) is 1.64. The van der Waals surface area contributed by atoms with Crippen LogP contribution < -0.4 is 11.6 Å². The van der Waals surface area contributed by atoms with Gasteiger partial charge in [0, 0.05) is 36.4 Å². The van der Waals surface area contributed by atoms with E-state index in [4.69, 9.17) is 11.6 Å². The average molecular weight is 178 g/mol. The fourth-order valence-corrected chi connectivity index (χ4v) is 1.01. The molecule has 5 nitrogen and oxygen atoms in total. The average Bonchev–Trinajstić information content (AvgIpc) is 1.98. The normalized spacial score (nSPS) is 14.5. The molecular formula is C5H14N4OS. The third-order valence-electron chi connectivity index (χ3n) is 1.24. The van der Waals surface area contributed by atoms with Gasteiger partial charge in [-0.05, 0) is 0 Å². The number of nitrogens with two attached hydrogens (primary N) is 2. The quantitative estimate of drug-likeness (QED) is 0.238. The maximum absolute atomic E-state index is 10.6. The van der Waals surface area contributed by atoms with E-state index < -0.39 is 10.8 Å². The molecule has 0 saturated heterocycles. The number of guanidine groups is 1. The molecule has 0 aliphatic rings. The Balaban J connectivity index is 3.69. The predicted molar refractivity (Wildman–Crippen MR) is 47.4 cm³/mol. The number of hydrogen-bond acceptors (Lipinski definition) is 3. The Bertz CT molecular complexity index is 170. The van der Waals surface area contributed by atoms with Gasteiger partial charge in [0.2, 0.25) is 5.96 Å². The second-order valence-electron chi connectivity index (χ2n) is 2.19. The second-order valence-corrected chi connectivity index (χ2v) is 3.74. The van der Waals surface area contributed by atoms with Crippen LogP contribution in [0.4, 0.5) is 0 Å². The SMILES string of the molecule is CN(CCS(C)=O)/C(N)=N/N. The van der Waals surface area contributed by atoms with E-state index in [0.29, 0.717) is 12.3 Å². The number of hydrazone groups is 1. The van der Waals surface area contributed by atoms with Gasteiger partial charge in [0.05, 0.1) is 0 Å². The van der Waals surface area contributed by atoms with Gasteiger partial charge in [-0.15, -0.1) is 5.10 Å². The van der Waals surface area contributed by atoms with E-state index >= 15 is 0 Å². The van der Waals surface area contributed by atoms with E-state index in [2.05, 4.69) is 5.10 Å². The highest BCUT2D eigenvalue weighted by atomic mass is 32.2. The lowest BCUT2D eigenvalue weighted by Crippen LogP contribution is -2.37. The van der Waals surface area contributed by atoms with Crippen LogP contribution in [0.25, 0.3) is 0 Å². The smallest absolute Gasteiger partial charge is 0.213 e. The summed E-state index contributed by atoms with van der Waals surface area (Å²) in [4.78, 5) is 1.65. The molecule has 0 saturated carbocycles. The number of nitrogens with zero attached hydrogens (tertiary/aromatic N) is 2. The molecule has 0 amide bonds. The van der Waals surface area contributed by atoms with Gasteiger partial charge in [0.25, 0.3) is 0 Å². The van der Waals surface area contributed by atoms with Gasteiger partial charge in [-0.25, -0.2) is 0 Å². The van der Waals surface area contributed by atoms with Crippen LogP contribution in [0.2, 0.25) is 0 Å². The lowest BCUT2D eigenvalue weighted by Gasteiger charge is -2.15. The lowest BCUT2D eigenvalue weighted by atomic mass is 10.6. The minimum absolute atomic E-state index is 0.260. The fraction of sp³-hybridized carbons (Fsp3) is 0.800. The van der Waals surface area contributed by atoms with Crippen molar-refractivity contribution >= 4 is 16.8 Å². The van der Waals surface area contributed by atoms with E-state index in [1.165, 1.54) is 0 Å². The highest BCUT2D eigenvalue weighted by Crippen LogP contribution is 1.82. The Morgan fingerprint density at radius 1 is 1.73 bits per heavy atom. The van der Waals surface area contributed by atoms with Crippen molar-refractivity contribution in [3.05, 3.63) is 0 Å². The van der Waals surface area contributed by atoms with E-state index in [-0.39, 0.29) is 5.96 Å². The molecule has 0 aromatic heterocycles. The molecule has 0 aromatic carbocycles. The summed E-state index contributed by atoms with van der Waals surface area (Å²) in [5, 5.41) is 3.29. The molecule has 11 heavy (non-hydrogen) atoms. The zero-order valence-electron chi connectivity index (χ0n) is 6.78. The summed E-state index contributed by atoms with van der Waals surface area (Å²) in [7, 11) is 0.951. The Hall–Kier alpha value is -0.780. The van der Waals surface area contributed by atoms with Crippen LogP contribution in [0.1, 0.15) is 0 Å². The highest BCUT2D eigenvalue weighted by Gasteiger charge is 2.00. The van der Waals surface area contributed by atoms with Crippen LogP contribution in [-0.2, 0) is 10.8 Å². The first-order valence-corrected chi connectivity index (χ1v) is 4.85. The van der Waals surface area contributed by atoms with Crippen LogP contribution in [0.15, 0.2) is 5.10 Å². The van der Waals surface area contributed by atoms with Crippen LogP contribution in [-0.4, -0.2) is 40.7 Å². The van der Waals surface area contributed by atoms with E-state index in [0.717, 1.165) is 0 Å². The maximum atomic E-state index is 10.6. The van der Waals surface area contributed by atoms with Crippen molar-refractivity contribution in [2.45, 2.75) is 0 Å². The fourth-order valence-electron chi connectivity index (χ4n) is 0.479. The molecule has 0 radical (unpaired) electrons. The van der Waals surface area contributed by atoms with Crippen molar-refractivity contribution in [3.8, 4) is 0 Å². The van der Waals surface area contributed by atoms with Crippen LogP contribution in [0.5, 0.6) is 0 Å². The molecule has 0 bridgehead atoms. The lowest BCUT2D eigenvalue weighted by molar-refractivity contribution is 0.528. The monoisotopic (exact) mass is 178 g/mol. The Labute approximate surface area is 68.9 Å². The third-order valence-corrected chi connectivity index (χ3v) is 2.00. The maximum Gasteiger partial charge on any atom is 0.213 e. The van der Waals surface area contributed by atoms with Gasteiger partial charge in [-0.2, -0.15) is 0 Å². The van der Waals surface area contributed by atoms with E-state index in [9.17, 15) is 4.21 Å². The van der Waals surface area contributed by atoms with Gasteiger partial charge in [0.15, 0.2) is 0 Å². The predicted octanol–water partition coefficient (Wildman–Crippen LogP) is -1.51. The molecule has 0 rings (SSSR count). The van der Waals surface area contributed by atoms with Crippen molar-refractivity contribution in [2.75, 3.05) is 25.6 Å². The minimum atomic E-state index is -0.798. The van der Waals surface area contributed by atoms with Crippen molar-refractivity contribution in [1.82, 2.24) is 4.90 Å². The molecule has 0 spiro atoms. The molecule has 0 fully saturated rings. The van der Waals surface area contributed by atoms with Crippen LogP contribution in [0, 0.1) is 0 Å². The van der Waals surface area contributed by atoms with Crippen LogP contribution >= 0.6 is 0 Å². The summed E-state index contributed by atoms with van der Waals surface area (Å²) in [6, 6.07) is 0. The zero-order valence-corrected chi connectivity index (χ0v) is 7.60. The second kappa shape index (κ2) is 4.95. The first kappa shape index (κ1) is 10.2. The highest BCUT2D eigenvalue weighted by molar-refractivity contribution is 7.84. The van der Waals surface area contributed by atoms with E-state index in [1.54, 1.807) is 18.2 Å². The molecule has 0 aliphatic heterocycles. The molecule has 0 aromatic rings. The summed E-state index contributed by atoms with van der Waals surface area (Å²) in [6.45, 7) is 0.607.